The Labute approximate surface area is 209 Å². The van der Waals surface area contributed by atoms with E-state index in [9.17, 15) is 9.59 Å². The molecule has 2 aliphatic heterocycles. The standard InChI is InChI=1S/C26H29N5O3S/c32-25(19-31(18-21-8-4-16-34-21)26(33)23-9-5-17-35-23)30-14-12-29(13-15-30)24-11-10-22(27-28-24)20-6-2-1-3-7-20/h1-3,5-7,9-11,17,21H,4,8,12-16,18-19H2. The number of thiophene rings is 1. The highest BCUT2D eigenvalue weighted by Gasteiger charge is 2.29. The third kappa shape index (κ3) is 5.68. The van der Waals surface area contributed by atoms with Gasteiger partial charge in [0.25, 0.3) is 5.91 Å². The molecule has 182 valence electrons. The molecule has 35 heavy (non-hydrogen) atoms. The zero-order valence-corrected chi connectivity index (χ0v) is 20.4. The maximum atomic E-state index is 13.1. The van der Waals surface area contributed by atoms with E-state index in [1.165, 1.54) is 11.3 Å². The predicted molar refractivity (Wildman–Crippen MR) is 135 cm³/mol. The second-order valence-corrected chi connectivity index (χ2v) is 9.76. The summed E-state index contributed by atoms with van der Waals surface area (Å²) >= 11 is 1.40. The van der Waals surface area contributed by atoms with E-state index >= 15 is 0 Å². The van der Waals surface area contributed by atoms with Gasteiger partial charge in [-0.05, 0) is 36.4 Å². The number of benzene rings is 1. The van der Waals surface area contributed by atoms with Gasteiger partial charge in [0.05, 0.1) is 16.7 Å². The fraction of sp³-hybridized carbons (Fsp3) is 0.385. The van der Waals surface area contributed by atoms with Gasteiger partial charge in [0.2, 0.25) is 5.91 Å². The number of nitrogens with zero attached hydrogens (tertiary/aromatic N) is 5. The first kappa shape index (κ1) is 23.4. The van der Waals surface area contributed by atoms with E-state index in [1.807, 2.05) is 64.9 Å². The van der Waals surface area contributed by atoms with Crippen LogP contribution in [0.4, 0.5) is 5.82 Å². The van der Waals surface area contributed by atoms with Gasteiger partial charge in [-0.15, -0.1) is 21.5 Å². The third-order valence-corrected chi connectivity index (χ3v) is 7.33. The lowest BCUT2D eigenvalue weighted by atomic mass is 10.1. The number of hydrogen-bond donors (Lipinski definition) is 0. The van der Waals surface area contributed by atoms with Crippen LogP contribution in [0.1, 0.15) is 22.5 Å². The Morgan fingerprint density at radius 1 is 1.00 bits per heavy atom. The molecule has 9 heteroatoms. The number of carbonyl (C=O) groups excluding carboxylic acids is 2. The predicted octanol–water partition coefficient (Wildman–Crippen LogP) is 3.18. The number of hydrogen-bond acceptors (Lipinski definition) is 7. The Kier molecular flexibility index (Phi) is 7.34. The summed E-state index contributed by atoms with van der Waals surface area (Å²) in [6.45, 7) is 3.76. The molecule has 2 fully saturated rings. The monoisotopic (exact) mass is 491 g/mol. The molecule has 1 atom stereocenters. The van der Waals surface area contributed by atoms with Gasteiger partial charge in [0.1, 0.15) is 6.54 Å². The highest BCUT2D eigenvalue weighted by Crippen LogP contribution is 2.20. The van der Waals surface area contributed by atoms with Gasteiger partial charge in [-0.25, -0.2) is 0 Å². The van der Waals surface area contributed by atoms with Gasteiger partial charge < -0.3 is 19.4 Å². The lowest BCUT2D eigenvalue weighted by Crippen LogP contribution is -2.52. The van der Waals surface area contributed by atoms with Crippen molar-refractivity contribution in [2.24, 2.45) is 0 Å². The van der Waals surface area contributed by atoms with Crippen LogP contribution in [0.25, 0.3) is 11.3 Å². The van der Waals surface area contributed by atoms with Crippen LogP contribution in [0.3, 0.4) is 0 Å². The number of carbonyl (C=O) groups is 2. The van der Waals surface area contributed by atoms with E-state index in [2.05, 4.69) is 15.1 Å². The van der Waals surface area contributed by atoms with E-state index in [1.54, 1.807) is 4.90 Å². The van der Waals surface area contributed by atoms with E-state index < -0.39 is 0 Å². The number of amides is 2. The highest BCUT2D eigenvalue weighted by molar-refractivity contribution is 7.12. The van der Waals surface area contributed by atoms with Crippen LogP contribution >= 0.6 is 11.3 Å². The molecule has 4 heterocycles. The molecule has 1 aromatic carbocycles. The summed E-state index contributed by atoms with van der Waals surface area (Å²) in [7, 11) is 0. The fourth-order valence-electron chi connectivity index (χ4n) is 4.51. The maximum Gasteiger partial charge on any atom is 0.264 e. The normalized spacial score (nSPS) is 18.0. The van der Waals surface area contributed by atoms with Crippen LogP contribution in [0.15, 0.2) is 60.0 Å². The topological polar surface area (TPSA) is 78.9 Å². The Bertz CT molecular complexity index is 1110. The minimum absolute atomic E-state index is 0.000918. The van der Waals surface area contributed by atoms with E-state index in [0.29, 0.717) is 37.6 Å². The summed E-state index contributed by atoms with van der Waals surface area (Å²) in [5, 5.41) is 10.7. The molecule has 8 nitrogen and oxygen atoms in total. The zero-order valence-electron chi connectivity index (χ0n) is 19.6. The molecular weight excluding hydrogens is 462 g/mol. The molecule has 5 rings (SSSR count). The fourth-order valence-corrected chi connectivity index (χ4v) is 5.21. The molecular formula is C26H29N5O3S. The average Bonchev–Trinajstić information content (AvgIpc) is 3.64. The van der Waals surface area contributed by atoms with Crippen LogP contribution in [0.2, 0.25) is 0 Å². The summed E-state index contributed by atoms with van der Waals surface area (Å²) < 4.78 is 5.74. The second-order valence-electron chi connectivity index (χ2n) is 8.81. The smallest absolute Gasteiger partial charge is 0.264 e. The molecule has 0 bridgehead atoms. The highest BCUT2D eigenvalue weighted by atomic mass is 32.1. The second kappa shape index (κ2) is 11.0. The SMILES string of the molecule is O=C(CN(CC1CCCO1)C(=O)c1cccs1)N1CCN(c2ccc(-c3ccccc3)nn2)CC1. The molecule has 0 spiro atoms. The molecule has 0 N–H and O–H groups in total. The number of rotatable bonds is 7. The largest absolute Gasteiger partial charge is 0.376 e. The Hall–Kier alpha value is -3.30. The first-order valence-corrected chi connectivity index (χ1v) is 12.9. The Morgan fingerprint density at radius 3 is 2.49 bits per heavy atom. The summed E-state index contributed by atoms with van der Waals surface area (Å²) in [5.74, 6) is 0.680. The minimum Gasteiger partial charge on any atom is -0.376 e. The minimum atomic E-state index is -0.101. The molecule has 0 radical (unpaired) electrons. The van der Waals surface area contributed by atoms with Crippen molar-refractivity contribution in [3.8, 4) is 11.3 Å². The van der Waals surface area contributed by atoms with E-state index in [-0.39, 0.29) is 24.5 Å². The van der Waals surface area contributed by atoms with Crippen molar-refractivity contribution >= 4 is 29.0 Å². The molecule has 0 aliphatic carbocycles. The Balaban J connectivity index is 1.18. The average molecular weight is 492 g/mol. The van der Waals surface area contributed by atoms with Gasteiger partial charge in [-0.3, -0.25) is 9.59 Å². The van der Waals surface area contributed by atoms with E-state index in [0.717, 1.165) is 36.5 Å². The van der Waals surface area contributed by atoms with Crippen LogP contribution < -0.4 is 4.90 Å². The van der Waals surface area contributed by atoms with Crippen molar-refractivity contribution < 1.29 is 14.3 Å². The van der Waals surface area contributed by atoms with Gasteiger partial charge in [0.15, 0.2) is 5.82 Å². The molecule has 2 aromatic heterocycles. The van der Waals surface area contributed by atoms with Crippen molar-refractivity contribution in [3.63, 3.8) is 0 Å². The molecule has 1 unspecified atom stereocenters. The lowest BCUT2D eigenvalue weighted by Gasteiger charge is -2.36. The third-order valence-electron chi connectivity index (χ3n) is 6.47. The van der Waals surface area contributed by atoms with Crippen molar-refractivity contribution in [2.75, 3.05) is 50.8 Å². The van der Waals surface area contributed by atoms with Crippen molar-refractivity contribution in [2.45, 2.75) is 18.9 Å². The molecule has 2 saturated heterocycles. The molecule has 3 aromatic rings. The van der Waals surface area contributed by atoms with E-state index in [4.69, 9.17) is 4.74 Å². The molecule has 2 amide bonds. The summed E-state index contributed by atoms with van der Waals surface area (Å²) in [5.41, 5.74) is 1.87. The maximum absolute atomic E-state index is 13.1. The number of piperazine rings is 1. The summed E-state index contributed by atoms with van der Waals surface area (Å²) in [6.07, 6.45) is 1.92. The van der Waals surface area contributed by atoms with Gasteiger partial charge >= 0.3 is 0 Å². The summed E-state index contributed by atoms with van der Waals surface area (Å²) in [6, 6.07) is 17.6. The van der Waals surface area contributed by atoms with Crippen molar-refractivity contribution in [1.82, 2.24) is 20.0 Å². The van der Waals surface area contributed by atoms with Crippen molar-refractivity contribution in [3.05, 3.63) is 64.9 Å². The van der Waals surface area contributed by atoms with Crippen molar-refractivity contribution in [1.29, 1.82) is 0 Å². The first-order chi connectivity index (χ1) is 17.2. The molecule has 2 aliphatic rings. The first-order valence-electron chi connectivity index (χ1n) is 12.0. The zero-order chi connectivity index (χ0) is 24.0. The van der Waals surface area contributed by atoms with Gasteiger partial charge in [0, 0.05) is 44.9 Å². The number of anilines is 1. The number of ether oxygens (including phenoxy) is 1. The van der Waals surface area contributed by atoms with Crippen LogP contribution in [-0.4, -0.2) is 83.8 Å². The molecule has 0 saturated carbocycles. The summed E-state index contributed by atoms with van der Waals surface area (Å²) in [4.78, 5) is 32.5. The Morgan fingerprint density at radius 2 is 1.83 bits per heavy atom. The van der Waals surface area contributed by atoms with Gasteiger partial charge in [-0.2, -0.15) is 0 Å². The van der Waals surface area contributed by atoms with Crippen LogP contribution in [-0.2, 0) is 9.53 Å². The van der Waals surface area contributed by atoms with Gasteiger partial charge in [-0.1, -0.05) is 36.4 Å². The van der Waals surface area contributed by atoms with Crippen LogP contribution in [0.5, 0.6) is 0 Å². The van der Waals surface area contributed by atoms with Crippen LogP contribution in [0, 0.1) is 0 Å². The number of aromatic nitrogens is 2. The quantitative estimate of drug-likeness (QED) is 0.505. The lowest BCUT2D eigenvalue weighted by molar-refractivity contribution is -0.132.